The molecule has 1 heterocycles. The fourth-order valence-electron chi connectivity index (χ4n) is 2.22. The molecule has 2 N–H and O–H groups in total. The zero-order chi connectivity index (χ0) is 19.8. The van der Waals surface area contributed by atoms with E-state index in [0.29, 0.717) is 17.2 Å². The fourth-order valence-corrected chi connectivity index (χ4v) is 3.00. The molecule has 0 atom stereocenters. The summed E-state index contributed by atoms with van der Waals surface area (Å²) in [5.41, 5.74) is 2.01. The van der Waals surface area contributed by atoms with Crippen LogP contribution in [0.15, 0.2) is 70.7 Å². The van der Waals surface area contributed by atoms with Crippen LogP contribution in [0.25, 0.3) is 0 Å². The number of nitriles is 2. The summed E-state index contributed by atoms with van der Waals surface area (Å²) in [5.74, 6) is 0.118. The average molecular weight is 386 g/mol. The van der Waals surface area contributed by atoms with Crippen LogP contribution in [0.3, 0.4) is 0 Å². The quantitative estimate of drug-likeness (QED) is 0.613. The van der Waals surface area contributed by atoms with Gasteiger partial charge in [-0.25, -0.2) is 9.97 Å². The minimum Gasteiger partial charge on any atom is -0.325 e. The second-order valence-electron chi connectivity index (χ2n) is 5.54. The molecule has 3 rings (SSSR count). The van der Waals surface area contributed by atoms with E-state index in [0.717, 1.165) is 15.6 Å². The predicted octanol–water partition coefficient (Wildman–Crippen LogP) is 4.10. The van der Waals surface area contributed by atoms with Gasteiger partial charge < -0.3 is 10.6 Å². The maximum absolute atomic E-state index is 11.4. The van der Waals surface area contributed by atoms with Gasteiger partial charge in [-0.1, -0.05) is 11.8 Å². The highest BCUT2D eigenvalue weighted by Gasteiger charge is 2.05. The van der Waals surface area contributed by atoms with E-state index in [1.165, 1.54) is 11.8 Å². The Hall–Kier alpha value is -3.88. The first-order valence-electron chi connectivity index (χ1n) is 8.21. The summed E-state index contributed by atoms with van der Waals surface area (Å²) in [6.45, 7) is 0. The van der Waals surface area contributed by atoms with Crippen molar-refractivity contribution in [3.05, 3.63) is 66.4 Å². The lowest BCUT2D eigenvalue weighted by molar-refractivity contribution is -0.115. The van der Waals surface area contributed by atoms with Gasteiger partial charge in [-0.15, -0.1) is 0 Å². The van der Waals surface area contributed by atoms with Crippen molar-refractivity contribution in [3.8, 4) is 12.1 Å². The van der Waals surface area contributed by atoms with Crippen LogP contribution in [0.1, 0.15) is 12.0 Å². The van der Waals surface area contributed by atoms with E-state index in [-0.39, 0.29) is 12.3 Å². The largest absolute Gasteiger partial charge is 0.325 e. The van der Waals surface area contributed by atoms with Gasteiger partial charge in [0, 0.05) is 22.5 Å². The molecule has 3 aromatic rings. The number of amides is 1. The van der Waals surface area contributed by atoms with E-state index in [9.17, 15) is 4.79 Å². The molecule has 28 heavy (non-hydrogen) atoms. The molecule has 0 unspecified atom stereocenters. The summed E-state index contributed by atoms with van der Waals surface area (Å²) in [7, 11) is 0. The number of benzene rings is 2. The van der Waals surface area contributed by atoms with Gasteiger partial charge in [0.15, 0.2) is 0 Å². The molecule has 0 aliphatic rings. The van der Waals surface area contributed by atoms with Gasteiger partial charge in [-0.3, -0.25) is 4.79 Å². The van der Waals surface area contributed by atoms with Gasteiger partial charge in [0.1, 0.15) is 11.4 Å². The Bertz CT molecular complexity index is 1050. The molecule has 1 aromatic heterocycles. The number of rotatable bonds is 6. The van der Waals surface area contributed by atoms with Crippen molar-refractivity contribution in [2.75, 3.05) is 10.6 Å². The topological polar surface area (TPSA) is 114 Å². The highest BCUT2D eigenvalue weighted by Crippen LogP contribution is 2.28. The lowest BCUT2D eigenvalue weighted by Gasteiger charge is -2.07. The second-order valence-corrected chi connectivity index (χ2v) is 6.64. The van der Waals surface area contributed by atoms with Crippen molar-refractivity contribution in [3.63, 3.8) is 0 Å². The molecule has 0 fully saturated rings. The molecule has 0 radical (unpaired) electrons. The molecule has 0 saturated heterocycles. The van der Waals surface area contributed by atoms with Crippen LogP contribution in [-0.2, 0) is 4.79 Å². The van der Waals surface area contributed by atoms with Crippen molar-refractivity contribution in [2.24, 2.45) is 0 Å². The molecular formula is C20H14N6OS. The van der Waals surface area contributed by atoms with E-state index in [4.69, 9.17) is 10.5 Å². The first-order chi connectivity index (χ1) is 13.7. The number of carbonyl (C=O) groups is 1. The Labute approximate surface area is 166 Å². The summed E-state index contributed by atoms with van der Waals surface area (Å²) in [5, 5.41) is 23.9. The van der Waals surface area contributed by atoms with Gasteiger partial charge in [0.25, 0.3) is 0 Å². The first kappa shape index (κ1) is 18.9. The van der Waals surface area contributed by atoms with Crippen LogP contribution in [0.4, 0.5) is 17.3 Å². The van der Waals surface area contributed by atoms with Crippen LogP contribution >= 0.6 is 11.8 Å². The van der Waals surface area contributed by atoms with E-state index < -0.39 is 0 Å². The Balaban J connectivity index is 1.64. The maximum atomic E-state index is 11.4. The van der Waals surface area contributed by atoms with Crippen molar-refractivity contribution < 1.29 is 4.79 Å². The van der Waals surface area contributed by atoms with Crippen LogP contribution in [0.2, 0.25) is 0 Å². The Kier molecular flexibility index (Phi) is 6.19. The first-order valence-corrected chi connectivity index (χ1v) is 9.03. The third kappa shape index (κ3) is 5.31. The van der Waals surface area contributed by atoms with E-state index in [1.807, 2.05) is 18.2 Å². The van der Waals surface area contributed by atoms with Crippen molar-refractivity contribution in [2.45, 2.75) is 16.3 Å². The Morgan fingerprint density at radius 3 is 2.39 bits per heavy atom. The molecule has 1 amide bonds. The van der Waals surface area contributed by atoms with Crippen molar-refractivity contribution in [1.82, 2.24) is 9.97 Å². The molecule has 0 aliphatic carbocycles. The van der Waals surface area contributed by atoms with Gasteiger partial charge in [0.05, 0.1) is 17.7 Å². The predicted molar refractivity (Wildman–Crippen MR) is 106 cm³/mol. The molecule has 0 bridgehead atoms. The number of carbonyl (C=O) groups excluding carboxylic acids is 1. The highest BCUT2D eigenvalue weighted by molar-refractivity contribution is 7.99. The summed E-state index contributed by atoms with van der Waals surface area (Å²) in [6.07, 6.45) is 1.49. The lowest BCUT2D eigenvalue weighted by Crippen LogP contribution is -2.09. The fraction of sp³-hybridized carbons (Fsp3) is 0.0500. The highest BCUT2D eigenvalue weighted by atomic mass is 32.2. The minimum absolute atomic E-state index is 0.174. The van der Waals surface area contributed by atoms with Gasteiger partial charge >= 0.3 is 0 Å². The summed E-state index contributed by atoms with van der Waals surface area (Å²) >= 11 is 1.46. The number of hydrogen-bond acceptors (Lipinski definition) is 7. The Morgan fingerprint density at radius 1 is 1.00 bits per heavy atom. The van der Waals surface area contributed by atoms with E-state index in [2.05, 4.69) is 26.7 Å². The average Bonchev–Trinajstić information content (AvgIpc) is 2.71. The maximum Gasteiger partial charge on any atom is 0.238 e. The molecule has 7 nitrogen and oxygen atoms in total. The van der Waals surface area contributed by atoms with E-state index in [1.54, 1.807) is 48.7 Å². The third-order valence-electron chi connectivity index (χ3n) is 3.50. The smallest absolute Gasteiger partial charge is 0.238 e. The van der Waals surface area contributed by atoms with Crippen molar-refractivity contribution >= 4 is 35.0 Å². The molecular weight excluding hydrogens is 372 g/mol. The number of nitrogens with zero attached hydrogens (tertiary/aromatic N) is 4. The number of hydrogen-bond donors (Lipinski definition) is 2. The SMILES string of the molecule is N#CCC(=O)Nc1ccc(Sc2ccnc(Nc3ccc(C#N)cc3)n2)cc1. The van der Waals surface area contributed by atoms with Gasteiger partial charge in [-0.2, -0.15) is 10.5 Å². The van der Waals surface area contributed by atoms with Gasteiger partial charge in [-0.05, 0) is 54.6 Å². The summed E-state index contributed by atoms with van der Waals surface area (Å²) in [6, 6.07) is 20.0. The van der Waals surface area contributed by atoms with Crippen LogP contribution in [-0.4, -0.2) is 15.9 Å². The third-order valence-corrected chi connectivity index (χ3v) is 4.44. The van der Waals surface area contributed by atoms with Crippen LogP contribution in [0.5, 0.6) is 0 Å². The molecule has 0 saturated carbocycles. The molecule has 0 aliphatic heterocycles. The molecule has 136 valence electrons. The normalized spacial score (nSPS) is 9.79. The van der Waals surface area contributed by atoms with Crippen LogP contribution < -0.4 is 10.6 Å². The van der Waals surface area contributed by atoms with Gasteiger partial charge in [0.2, 0.25) is 11.9 Å². The number of aromatic nitrogens is 2. The zero-order valence-corrected chi connectivity index (χ0v) is 15.4. The standard InChI is InChI=1S/C20H14N6OS/c21-11-9-18(27)24-15-5-7-17(8-6-15)28-19-10-12-23-20(26-19)25-16-3-1-14(13-22)2-4-16/h1-8,10,12H,9H2,(H,24,27)(H,23,25,26). The molecule has 8 heteroatoms. The van der Waals surface area contributed by atoms with Crippen LogP contribution in [0, 0.1) is 22.7 Å². The monoisotopic (exact) mass is 386 g/mol. The number of nitrogens with one attached hydrogen (secondary N) is 2. The summed E-state index contributed by atoms with van der Waals surface area (Å²) < 4.78 is 0. The molecule has 2 aromatic carbocycles. The zero-order valence-electron chi connectivity index (χ0n) is 14.6. The van der Waals surface area contributed by atoms with Crippen molar-refractivity contribution in [1.29, 1.82) is 10.5 Å². The minimum atomic E-state index is -0.336. The van der Waals surface area contributed by atoms with E-state index >= 15 is 0 Å². The number of anilines is 3. The Morgan fingerprint density at radius 2 is 1.71 bits per heavy atom. The second kappa shape index (κ2) is 9.17. The lowest BCUT2D eigenvalue weighted by atomic mass is 10.2. The summed E-state index contributed by atoms with van der Waals surface area (Å²) in [4.78, 5) is 21.1. The molecule has 0 spiro atoms.